The summed E-state index contributed by atoms with van der Waals surface area (Å²) in [5.41, 5.74) is 6.37. The number of non-ortho nitro benzene ring substituents is 1. The fourth-order valence-corrected chi connectivity index (χ4v) is 3.25. The smallest absolute Gasteiger partial charge is 0.272 e. The molecule has 3 aromatic rings. The highest BCUT2D eigenvalue weighted by atomic mass is 32.2. The zero-order valence-electron chi connectivity index (χ0n) is 15.3. The van der Waals surface area contributed by atoms with Gasteiger partial charge in [-0.25, -0.2) is 0 Å². The van der Waals surface area contributed by atoms with E-state index in [4.69, 9.17) is 0 Å². The Morgan fingerprint density at radius 3 is 2.45 bits per heavy atom. The zero-order chi connectivity index (χ0) is 20.8. The summed E-state index contributed by atoms with van der Waals surface area (Å²) in [6, 6.07) is 16.8. The van der Waals surface area contributed by atoms with E-state index in [2.05, 4.69) is 21.0 Å². The minimum Gasteiger partial charge on any atom is -0.272 e. The number of carbonyl (C=O) groups is 2. The Bertz CT molecular complexity index is 1020. The SMILES string of the molecule is CC(Sc1ccc([N+](=O)[O-])cc1)C(=O)NNC(=O)c1cc(-c2ccccc2)n[nH]1. The number of rotatable bonds is 6. The molecule has 1 heterocycles. The second-order valence-electron chi connectivity index (χ2n) is 5.99. The predicted molar refractivity (Wildman–Crippen MR) is 108 cm³/mol. The number of hydrazine groups is 1. The molecule has 148 valence electrons. The summed E-state index contributed by atoms with van der Waals surface area (Å²) < 4.78 is 0. The number of nitro groups is 1. The van der Waals surface area contributed by atoms with Crippen molar-refractivity contribution in [1.29, 1.82) is 0 Å². The van der Waals surface area contributed by atoms with Gasteiger partial charge in [0.05, 0.1) is 15.9 Å². The minimum absolute atomic E-state index is 0.0202. The van der Waals surface area contributed by atoms with Gasteiger partial charge in [0.1, 0.15) is 5.69 Å². The molecule has 0 saturated carbocycles. The molecule has 0 aliphatic heterocycles. The van der Waals surface area contributed by atoms with Gasteiger partial charge in [0.2, 0.25) is 0 Å². The van der Waals surface area contributed by atoms with Crippen LogP contribution in [-0.2, 0) is 4.79 Å². The molecule has 0 aliphatic rings. The molecule has 0 radical (unpaired) electrons. The number of H-pyrrole nitrogens is 1. The maximum Gasteiger partial charge on any atom is 0.287 e. The first-order valence-electron chi connectivity index (χ1n) is 8.56. The molecule has 0 aliphatic carbocycles. The number of nitro benzene ring substituents is 1. The van der Waals surface area contributed by atoms with Crippen LogP contribution < -0.4 is 10.9 Å². The first-order chi connectivity index (χ1) is 13.9. The zero-order valence-corrected chi connectivity index (χ0v) is 16.1. The van der Waals surface area contributed by atoms with Crippen LogP contribution in [0.2, 0.25) is 0 Å². The highest BCUT2D eigenvalue weighted by molar-refractivity contribution is 8.00. The maximum atomic E-state index is 12.2. The van der Waals surface area contributed by atoms with Crippen molar-refractivity contribution < 1.29 is 14.5 Å². The molecule has 29 heavy (non-hydrogen) atoms. The standard InChI is InChI=1S/C19H17N5O4S/c1-12(29-15-9-7-14(8-10-15)24(27)28)18(25)22-23-19(26)17-11-16(20-21-17)13-5-3-2-4-6-13/h2-12H,1H3,(H,20,21)(H,22,25)(H,23,26). The van der Waals surface area contributed by atoms with Crippen LogP contribution in [-0.4, -0.2) is 32.2 Å². The summed E-state index contributed by atoms with van der Waals surface area (Å²) in [6.45, 7) is 1.66. The van der Waals surface area contributed by atoms with E-state index in [9.17, 15) is 19.7 Å². The first kappa shape index (κ1) is 20.1. The van der Waals surface area contributed by atoms with Crippen molar-refractivity contribution in [2.75, 3.05) is 0 Å². The number of amides is 2. The van der Waals surface area contributed by atoms with Gasteiger partial charge in [-0.2, -0.15) is 5.10 Å². The van der Waals surface area contributed by atoms with Gasteiger partial charge in [0, 0.05) is 22.6 Å². The van der Waals surface area contributed by atoms with E-state index in [0.717, 1.165) is 5.56 Å². The van der Waals surface area contributed by atoms with Crippen LogP contribution in [0.1, 0.15) is 17.4 Å². The molecule has 1 aromatic heterocycles. The number of nitrogens with one attached hydrogen (secondary N) is 3. The molecule has 2 aromatic carbocycles. The molecule has 0 saturated heterocycles. The average Bonchev–Trinajstić information content (AvgIpc) is 3.23. The lowest BCUT2D eigenvalue weighted by molar-refractivity contribution is -0.384. The molecule has 2 amide bonds. The Morgan fingerprint density at radius 1 is 1.10 bits per heavy atom. The number of thioether (sulfide) groups is 1. The lowest BCUT2D eigenvalue weighted by atomic mass is 10.1. The van der Waals surface area contributed by atoms with Crippen LogP contribution in [0, 0.1) is 10.1 Å². The Kier molecular flexibility index (Phi) is 6.25. The Morgan fingerprint density at radius 2 is 1.79 bits per heavy atom. The highest BCUT2D eigenvalue weighted by Crippen LogP contribution is 2.25. The number of aromatic nitrogens is 2. The molecule has 0 fully saturated rings. The van der Waals surface area contributed by atoms with E-state index in [1.54, 1.807) is 25.1 Å². The molecule has 3 rings (SSSR count). The van der Waals surface area contributed by atoms with Crippen molar-refractivity contribution in [3.05, 3.63) is 76.5 Å². The number of hydrogen-bond donors (Lipinski definition) is 3. The van der Waals surface area contributed by atoms with Gasteiger partial charge in [-0.05, 0) is 25.1 Å². The monoisotopic (exact) mass is 411 g/mol. The summed E-state index contributed by atoms with van der Waals surface area (Å²) in [7, 11) is 0. The molecule has 0 bridgehead atoms. The normalized spacial score (nSPS) is 11.5. The molecular formula is C19H17N5O4S. The van der Waals surface area contributed by atoms with E-state index in [0.29, 0.717) is 10.6 Å². The first-order valence-corrected chi connectivity index (χ1v) is 9.44. The summed E-state index contributed by atoms with van der Waals surface area (Å²) in [5, 5.41) is 16.9. The van der Waals surface area contributed by atoms with E-state index in [1.807, 2.05) is 30.3 Å². The van der Waals surface area contributed by atoms with Crippen LogP contribution in [0.3, 0.4) is 0 Å². The fourth-order valence-electron chi connectivity index (χ4n) is 2.39. The van der Waals surface area contributed by atoms with Crippen molar-refractivity contribution in [3.8, 4) is 11.3 Å². The molecule has 10 heteroatoms. The van der Waals surface area contributed by atoms with Crippen molar-refractivity contribution in [1.82, 2.24) is 21.0 Å². The Labute approximate surface area is 170 Å². The van der Waals surface area contributed by atoms with Crippen LogP contribution in [0.25, 0.3) is 11.3 Å². The molecule has 9 nitrogen and oxygen atoms in total. The molecular weight excluding hydrogens is 394 g/mol. The van der Waals surface area contributed by atoms with E-state index in [1.165, 1.54) is 23.9 Å². The Hall–Kier alpha value is -3.66. The third kappa shape index (κ3) is 5.20. The van der Waals surface area contributed by atoms with Crippen molar-refractivity contribution >= 4 is 29.3 Å². The average molecular weight is 411 g/mol. The summed E-state index contributed by atoms with van der Waals surface area (Å²) >= 11 is 1.21. The van der Waals surface area contributed by atoms with E-state index < -0.39 is 22.0 Å². The van der Waals surface area contributed by atoms with Gasteiger partial charge in [-0.1, -0.05) is 30.3 Å². The van der Waals surface area contributed by atoms with Gasteiger partial charge in [-0.3, -0.25) is 35.7 Å². The third-order valence-corrected chi connectivity index (χ3v) is 5.03. The van der Waals surface area contributed by atoms with E-state index in [-0.39, 0.29) is 11.4 Å². The topological polar surface area (TPSA) is 130 Å². The second-order valence-corrected chi connectivity index (χ2v) is 7.40. The third-order valence-electron chi connectivity index (χ3n) is 3.92. The number of nitrogens with zero attached hydrogens (tertiary/aromatic N) is 2. The van der Waals surface area contributed by atoms with Gasteiger partial charge in [0.15, 0.2) is 0 Å². The largest absolute Gasteiger partial charge is 0.287 e. The predicted octanol–water partition coefficient (Wildman–Crippen LogP) is 2.93. The minimum atomic E-state index is -0.529. The van der Waals surface area contributed by atoms with Gasteiger partial charge in [-0.15, -0.1) is 11.8 Å². The van der Waals surface area contributed by atoms with Crippen molar-refractivity contribution in [2.45, 2.75) is 17.1 Å². The highest BCUT2D eigenvalue weighted by Gasteiger charge is 2.17. The molecule has 1 unspecified atom stereocenters. The number of benzene rings is 2. The fraction of sp³-hybridized carbons (Fsp3) is 0.105. The van der Waals surface area contributed by atoms with Crippen molar-refractivity contribution in [3.63, 3.8) is 0 Å². The molecule has 3 N–H and O–H groups in total. The second kappa shape index (κ2) is 9.02. The number of hydrogen-bond acceptors (Lipinski definition) is 6. The van der Waals surface area contributed by atoms with Gasteiger partial charge in [0.25, 0.3) is 17.5 Å². The van der Waals surface area contributed by atoms with Crippen LogP contribution >= 0.6 is 11.8 Å². The summed E-state index contributed by atoms with van der Waals surface area (Å²) in [5.74, 6) is -0.940. The number of carbonyl (C=O) groups excluding carboxylic acids is 2. The number of aromatic amines is 1. The van der Waals surface area contributed by atoms with Crippen LogP contribution in [0.4, 0.5) is 5.69 Å². The summed E-state index contributed by atoms with van der Waals surface area (Å²) in [4.78, 5) is 35.3. The Balaban J connectivity index is 1.52. The maximum absolute atomic E-state index is 12.2. The van der Waals surface area contributed by atoms with Gasteiger partial charge < -0.3 is 0 Å². The van der Waals surface area contributed by atoms with E-state index >= 15 is 0 Å². The van der Waals surface area contributed by atoms with Crippen LogP contribution in [0.5, 0.6) is 0 Å². The van der Waals surface area contributed by atoms with Crippen LogP contribution in [0.15, 0.2) is 65.6 Å². The lowest BCUT2D eigenvalue weighted by Crippen LogP contribution is -2.45. The molecule has 0 spiro atoms. The van der Waals surface area contributed by atoms with Crippen molar-refractivity contribution in [2.24, 2.45) is 0 Å². The molecule has 1 atom stereocenters. The lowest BCUT2D eigenvalue weighted by Gasteiger charge is -2.12. The summed E-state index contributed by atoms with van der Waals surface area (Å²) in [6.07, 6.45) is 0. The van der Waals surface area contributed by atoms with Gasteiger partial charge >= 0.3 is 0 Å². The quantitative estimate of drug-likeness (QED) is 0.325.